The number of halogens is 3. The largest absolute Gasteiger partial charge is 0.290 e. The second kappa shape index (κ2) is 4.36. The molecule has 0 aliphatic rings. The number of hydrogen-bond acceptors (Lipinski definition) is 2. The van der Waals surface area contributed by atoms with Gasteiger partial charge in [-0.2, -0.15) is 0 Å². The molecule has 14 heavy (non-hydrogen) atoms. The van der Waals surface area contributed by atoms with Crippen LogP contribution in [0.5, 0.6) is 0 Å². The third kappa shape index (κ3) is 2.75. The van der Waals surface area contributed by atoms with Gasteiger partial charge in [-0.1, -0.05) is 46.9 Å². The zero-order chi connectivity index (χ0) is 10.8. The van der Waals surface area contributed by atoms with Gasteiger partial charge in [-0.15, -0.1) is 0 Å². The summed E-state index contributed by atoms with van der Waals surface area (Å²) < 4.78 is -1.47. The zero-order valence-corrected chi connectivity index (χ0v) is 9.20. The number of nitrogens with two attached hydrogens (primary N) is 1. The minimum absolute atomic E-state index is 0.388. The first-order valence-corrected chi connectivity index (χ1v) is 4.77. The Morgan fingerprint density at radius 3 is 2.07 bits per heavy atom. The summed E-state index contributed by atoms with van der Waals surface area (Å²) in [4.78, 5) is 11.0. The Labute approximate surface area is 96.1 Å². The molecule has 0 radical (unpaired) electrons. The Balaban J connectivity index is 2.95. The predicted octanol–water partition coefficient (Wildman–Crippen LogP) is 2.12. The van der Waals surface area contributed by atoms with E-state index < -0.39 is 3.79 Å². The number of hydrazine groups is 1. The van der Waals surface area contributed by atoms with E-state index in [1.165, 1.54) is 12.1 Å². The summed E-state index contributed by atoms with van der Waals surface area (Å²) in [7, 11) is 0. The lowest BCUT2D eigenvalue weighted by Gasteiger charge is -2.11. The van der Waals surface area contributed by atoms with E-state index in [-0.39, 0.29) is 5.91 Å². The second-order valence-corrected chi connectivity index (χ2v) is 4.83. The fourth-order valence-electron chi connectivity index (χ4n) is 0.894. The van der Waals surface area contributed by atoms with Crippen molar-refractivity contribution >= 4 is 40.7 Å². The molecule has 1 rings (SSSR count). The van der Waals surface area contributed by atoms with E-state index in [2.05, 4.69) is 0 Å². The van der Waals surface area contributed by atoms with Crippen molar-refractivity contribution in [1.82, 2.24) is 5.43 Å². The maximum Gasteiger partial charge on any atom is 0.265 e. The first-order valence-electron chi connectivity index (χ1n) is 3.63. The predicted molar refractivity (Wildman–Crippen MR) is 57.3 cm³/mol. The monoisotopic (exact) mass is 252 g/mol. The summed E-state index contributed by atoms with van der Waals surface area (Å²) in [6.07, 6.45) is 0. The Morgan fingerprint density at radius 1 is 1.21 bits per heavy atom. The fraction of sp³-hybridized carbons (Fsp3) is 0.125. The summed E-state index contributed by atoms with van der Waals surface area (Å²) in [6.45, 7) is 0. The Bertz CT molecular complexity index is 331. The minimum atomic E-state index is -1.47. The van der Waals surface area contributed by atoms with Crippen LogP contribution in [0.4, 0.5) is 0 Å². The summed E-state index contributed by atoms with van der Waals surface area (Å²) in [5.74, 6) is 4.56. The second-order valence-electron chi connectivity index (χ2n) is 2.55. The molecule has 0 spiro atoms. The van der Waals surface area contributed by atoms with Crippen molar-refractivity contribution in [1.29, 1.82) is 0 Å². The average Bonchev–Trinajstić information content (AvgIpc) is 2.15. The summed E-state index contributed by atoms with van der Waals surface area (Å²) in [5.41, 5.74) is 2.91. The summed E-state index contributed by atoms with van der Waals surface area (Å²) in [6, 6.07) is 6.16. The van der Waals surface area contributed by atoms with Crippen LogP contribution in [0.25, 0.3) is 0 Å². The van der Waals surface area contributed by atoms with Gasteiger partial charge >= 0.3 is 0 Å². The van der Waals surface area contributed by atoms with Crippen LogP contribution in [-0.4, -0.2) is 5.91 Å². The number of benzene rings is 1. The minimum Gasteiger partial charge on any atom is -0.290 e. The third-order valence-electron chi connectivity index (χ3n) is 1.61. The van der Waals surface area contributed by atoms with Crippen molar-refractivity contribution in [2.75, 3.05) is 0 Å². The molecule has 3 nitrogen and oxygen atoms in total. The molecular formula is C8H7Cl3N2O. The van der Waals surface area contributed by atoms with Gasteiger partial charge in [-0.25, -0.2) is 5.84 Å². The van der Waals surface area contributed by atoms with Gasteiger partial charge in [0.2, 0.25) is 3.79 Å². The molecule has 6 heteroatoms. The maximum atomic E-state index is 11.0. The molecule has 0 unspecified atom stereocenters. The Kier molecular flexibility index (Phi) is 3.61. The van der Waals surface area contributed by atoms with Crippen LogP contribution in [0.15, 0.2) is 24.3 Å². The molecule has 76 valence electrons. The first kappa shape index (κ1) is 11.6. The number of rotatable bonds is 1. The molecule has 0 aliphatic carbocycles. The normalized spacial score (nSPS) is 11.1. The van der Waals surface area contributed by atoms with Gasteiger partial charge < -0.3 is 0 Å². The first-order chi connectivity index (χ1) is 6.45. The number of carbonyl (C=O) groups excluding carboxylic acids is 1. The summed E-state index contributed by atoms with van der Waals surface area (Å²) >= 11 is 16.9. The Morgan fingerprint density at radius 2 is 1.71 bits per heavy atom. The third-order valence-corrected chi connectivity index (χ3v) is 2.26. The highest BCUT2D eigenvalue weighted by Crippen LogP contribution is 2.37. The molecule has 1 aromatic carbocycles. The van der Waals surface area contributed by atoms with Crippen LogP contribution < -0.4 is 11.3 Å². The van der Waals surface area contributed by atoms with Crippen molar-refractivity contribution in [2.24, 2.45) is 5.84 Å². The number of nitrogens with one attached hydrogen (secondary N) is 1. The van der Waals surface area contributed by atoms with Crippen LogP contribution in [0.1, 0.15) is 15.9 Å². The van der Waals surface area contributed by atoms with E-state index in [4.69, 9.17) is 40.6 Å². The molecule has 0 aliphatic heterocycles. The maximum absolute atomic E-state index is 11.0. The quantitative estimate of drug-likeness (QED) is 0.349. The van der Waals surface area contributed by atoms with Crippen LogP contribution in [0.3, 0.4) is 0 Å². The molecular weight excluding hydrogens is 246 g/mol. The molecule has 0 saturated heterocycles. The van der Waals surface area contributed by atoms with Crippen LogP contribution in [0, 0.1) is 0 Å². The molecule has 1 aromatic rings. The van der Waals surface area contributed by atoms with Crippen molar-refractivity contribution in [3.63, 3.8) is 0 Å². The topological polar surface area (TPSA) is 55.1 Å². The lowest BCUT2D eigenvalue weighted by molar-refractivity contribution is 0.0953. The molecule has 0 aromatic heterocycles. The zero-order valence-electron chi connectivity index (χ0n) is 6.93. The molecule has 0 saturated carbocycles. The van der Waals surface area contributed by atoms with Gasteiger partial charge in [-0.05, 0) is 12.1 Å². The lowest BCUT2D eigenvalue weighted by atomic mass is 10.1. The molecule has 0 heterocycles. The van der Waals surface area contributed by atoms with Gasteiger partial charge in [0.1, 0.15) is 0 Å². The average molecular weight is 254 g/mol. The van der Waals surface area contributed by atoms with Gasteiger partial charge in [-0.3, -0.25) is 10.2 Å². The van der Waals surface area contributed by atoms with Gasteiger partial charge in [0.15, 0.2) is 0 Å². The molecule has 1 amide bonds. The van der Waals surface area contributed by atoms with E-state index in [0.717, 1.165) is 0 Å². The van der Waals surface area contributed by atoms with E-state index >= 15 is 0 Å². The standard InChI is InChI=1S/C8H7Cl3N2O/c9-8(10,11)6-3-1-5(2-4-6)7(14)13-12/h1-4H,12H2,(H,13,14). The van der Waals surface area contributed by atoms with E-state index in [1.807, 2.05) is 5.43 Å². The fourth-order valence-corrected chi connectivity index (χ4v) is 1.27. The number of nitrogen functional groups attached to an aromatic ring is 1. The number of hydrogen-bond donors (Lipinski definition) is 2. The smallest absolute Gasteiger partial charge is 0.265 e. The number of alkyl halides is 3. The van der Waals surface area contributed by atoms with Crippen molar-refractivity contribution < 1.29 is 4.79 Å². The van der Waals surface area contributed by atoms with Crippen LogP contribution >= 0.6 is 34.8 Å². The van der Waals surface area contributed by atoms with Gasteiger partial charge in [0.25, 0.3) is 5.91 Å². The number of carbonyl (C=O) groups is 1. The highest BCUT2D eigenvalue weighted by Gasteiger charge is 2.22. The van der Waals surface area contributed by atoms with Crippen molar-refractivity contribution in [3.8, 4) is 0 Å². The van der Waals surface area contributed by atoms with Gasteiger partial charge in [0.05, 0.1) is 0 Å². The van der Waals surface area contributed by atoms with Crippen LogP contribution in [0.2, 0.25) is 0 Å². The van der Waals surface area contributed by atoms with E-state index in [1.54, 1.807) is 12.1 Å². The van der Waals surface area contributed by atoms with Crippen LogP contribution in [-0.2, 0) is 3.79 Å². The lowest BCUT2D eigenvalue weighted by Crippen LogP contribution is -2.29. The van der Waals surface area contributed by atoms with Crippen molar-refractivity contribution in [3.05, 3.63) is 35.4 Å². The van der Waals surface area contributed by atoms with Crippen molar-refractivity contribution in [2.45, 2.75) is 3.79 Å². The highest BCUT2D eigenvalue weighted by molar-refractivity contribution is 6.66. The van der Waals surface area contributed by atoms with Gasteiger partial charge in [0, 0.05) is 11.1 Å². The summed E-state index contributed by atoms with van der Waals surface area (Å²) in [5, 5.41) is 0. The highest BCUT2D eigenvalue weighted by atomic mass is 35.6. The molecule has 0 bridgehead atoms. The van der Waals surface area contributed by atoms with E-state index in [0.29, 0.717) is 11.1 Å². The number of amides is 1. The molecule has 3 N–H and O–H groups in total. The van der Waals surface area contributed by atoms with E-state index in [9.17, 15) is 4.79 Å². The molecule has 0 fully saturated rings. The molecule has 0 atom stereocenters. The SMILES string of the molecule is NNC(=O)c1ccc(C(Cl)(Cl)Cl)cc1. The Hall–Kier alpha value is -0.480.